The van der Waals surface area contributed by atoms with Crippen molar-refractivity contribution in [1.29, 1.82) is 0 Å². The molecule has 0 heterocycles. The molecule has 2 amide bonds. The predicted molar refractivity (Wildman–Crippen MR) is 66.4 cm³/mol. The average molecular weight is 258 g/mol. The number of carboxylic acids is 1. The van der Waals surface area contributed by atoms with Crippen molar-refractivity contribution < 1.29 is 19.4 Å². The second-order valence-electron chi connectivity index (χ2n) is 5.47. The smallest absolute Gasteiger partial charge is 0.314 e. The summed E-state index contributed by atoms with van der Waals surface area (Å²) in [5.74, 6) is -0.935. The van der Waals surface area contributed by atoms with E-state index in [2.05, 4.69) is 10.6 Å². The quantitative estimate of drug-likeness (QED) is 0.662. The number of carbonyl (C=O) groups excluding carboxylic acids is 1. The number of carbonyl (C=O) groups is 2. The molecular weight excluding hydrogens is 236 g/mol. The highest BCUT2D eigenvalue weighted by molar-refractivity contribution is 5.77. The van der Waals surface area contributed by atoms with Gasteiger partial charge < -0.3 is 20.5 Å². The summed E-state index contributed by atoms with van der Waals surface area (Å²) in [6.07, 6.45) is 3.01. The fourth-order valence-corrected chi connectivity index (χ4v) is 1.70. The van der Waals surface area contributed by atoms with Gasteiger partial charge in [0, 0.05) is 20.2 Å². The molecule has 0 atom stereocenters. The van der Waals surface area contributed by atoms with Gasteiger partial charge >= 0.3 is 12.0 Å². The van der Waals surface area contributed by atoms with E-state index in [1.54, 1.807) is 21.0 Å². The third-order valence-corrected chi connectivity index (χ3v) is 3.54. The molecule has 0 aliphatic heterocycles. The molecule has 0 bridgehead atoms. The minimum Gasteiger partial charge on any atom is -0.481 e. The van der Waals surface area contributed by atoms with E-state index in [-0.39, 0.29) is 18.2 Å². The Balaban J connectivity index is 2.28. The van der Waals surface area contributed by atoms with Crippen molar-refractivity contribution in [3.05, 3.63) is 0 Å². The largest absolute Gasteiger partial charge is 0.481 e. The zero-order valence-electron chi connectivity index (χ0n) is 11.2. The molecule has 6 heteroatoms. The van der Waals surface area contributed by atoms with E-state index in [9.17, 15) is 9.59 Å². The van der Waals surface area contributed by atoms with Gasteiger partial charge in [0.05, 0.1) is 11.0 Å². The average Bonchev–Trinajstić information content (AvgIpc) is 2.25. The summed E-state index contributed by atoms with van der Waals surface area (Å²) in [7, 11) is 1.65. The molecule has 0 radical (unpaired) electrons. The van der Waals surface area contributed by atoms with Gasteiger partial charge in [-0.1, -0.05) is 0 Å². The van der Waals surface area contributed by atoms with Gasteiger partial charge in [-0.05, 0) is 33.1 Å². The zero-order chi connectivity index (χ0) is 13.8. The van der Waals surface area contributed by atoms with Crippen LogP contribution in [0, 0.1) is 5.41 Å². The minimum atomic E-state index is -0.966. The Bertz CT molecular complexity index is 319. The van der Waals surface area contributed by atoms with Crippen LogP contribution in [0.15, 0.2) is 0 Å². The van der Waals surface area contributed by atoms with Crippen LogP contribution >= 0.6 is 0 Å². The number of rotatable bonds is 6. The lowest BCUT2D eigenvalue weighted by molar-refractivity contribution is -0.146. The van der Waals surface area contributed by atoms with Gasteiger partial charge in [-0.3, -0.25) is 4.79 Å². The number of urea groups is 1. The first kappa shape index (κ1) is 14.8. The fraction of sp³-hybridized carbons (Fsp3) is 0.833. The Hall–Kier alpha value is -1.30. The molecule has 1 aliphatic rings. The molecule has 0 aromatic carbocycles. The molecule has 1 aliphatic carbocycles. The highest BCUT2D eigenvalue weighted by Crippen LogP contribution is 2.34. The van der Waals surface area contributed by atoms with E-state index in [4.69, 9.17) is 9.84 Å². The predicted octanol–water partition coefficient (Wildman–Crippen LogP) is 0.965. The van der Waals surface area contributed by atoms with E-state index >= 15 is 0 Å². The van der Waals surface area contributed by atoms with Crippen LogP contribution in [0.2, 0.25) is 0 Å². The topological polar surface area (TPSA) is 87.7 Å². The first-order valence-corrected chi connectivity index (χ1v) is 6.12. The van der Waals surface area contributed by atoms with Crippen LogP contribution in [0.5, 0.6) is 0 Å². The van der Waals surface area contributed by atoms with Crippen molar-refractivity contribution in [2.75, 3.05) is 20.2 Å². The molecule has 1 saturated carbocycles. The van der Waals surface area contributed by atoms with Gasteiger partial charge in [0.2, 0.25) is 0 Å². The van der Waals surface area contributed by atoms with Crippen LogP contribution in [-0.4, -0.2) is 42.9 Å². The molecule has 1 fully saturated rings. The minimum absolute atomic E-state index is 0.0914. The molecule has 6 nitrogen and oxygen atoms in total. The Labute approximate surface area is 107 Å². The van der Waals surface area contributed by atoms with E-state index in [0.29, 0.717) is 6.54 Å². The number of ether oxygens (including phenoxy) is 1. The fourth-order valence-electron chi connectivity index (χ4n) is 1.70. The van der Waals surface area contributed by atoms with Gasteiger partial charge in [-0.25, -0.2) is 4.79 Å². The van der Waals surface area contributed by atoms with Crippen LogP contribution in [0.4, 0.5) is 4.79 Å². The first-order chi connectivity index (χ1) is 8.31. The zero-order valence-corrected chi connectivity index (χ0v) is 11.2. The number of amides is 2. The number of methoxy groups -OCH3 is 1. The summed E-state index contributed by atoms with van der Waals surface area (Å²) in [6, 6.07) is -0.354. The van der Waals surface area contributed by atoms with Crippen LogP contribution in [0.3, 0.4) is 0 Å². The monoisotopic (exact) mass is 258 g/mol. The van der Waals surface area contributed by atoms with Crippen molar-refractivity contribution in [2.45, 2.75) is 38.7 Å². The van der Waals surface area contributed by atoms with Crippen LogP contribution in [0.25, 0.3) is 0 Å². The van der Waals surface area contributed by atoms with Crippen LogP contribution in [-0.2, 0) is 9.53 Å². The molecule has 3 N–H and O–H groups in total. The van der Waals surface area contributed by atoms with Gasteiger partial charge in [0.25, 0.3) is 0 Å². The van der Waals surface area contributed by atoms with Crippen LogP contribution < -0.4 is 10.6 Å². The normalized spacial score (nSPS) is 17.7. The molecular formula is C12H22N2O4. The highest BCUT2D eigenvalue weighted by Gasteiger charge is 2.37. The number of carboxylic acid groups (broad SMARTS) is 1. The Kier molecular flexibility index (Phi) is 4.56. The Morgan fingerprint density at radius 2 is 1.94 bits per heavy atom. The molecule has 104 valence electrons. The summed E-state index contributed by atoms with van der Waals surface area (Å²) >= 11 is 0. The lowest BCUT2D eigenvalue weighted by Gasteiger charge is -2.40. The second-order valence-corrected chi connectivity index (χ2v) is 5.47. The van der Waals surface area contributed by atoms with E-state index in [0.717, 1.165) is 19.3 Å². The molecule has 0 aromatic heterocycles. The van der Waals surface area contributed by atoms with Gasteiger partial charge in [-0.15, -0.1) is 0 Å². The standard InChI is InChI=1S/C12H22N2O4/c1-11(2,9(15)16)7-13-10(17)14-8-12(18-3)5-4-6-12/h4-8H2,1-3H3,(H,15,16)(H2,13,14,17). The third kappa shape index (κ3) is 3.60. The van der Waals surface area contributed by atoms with Crippen molar-refractivity contribution in [2.24, 2.45) is 5.41 Å². The second kappa shape index (κ2) is 5.56. The summed E-state index contributed by atoms with van der Waals surface area (Å²) in [5.41, 5.74) is -1.19. The SMILES string of the molecule is COC1(CNC(=O)NCC(C)(C)C(=O)O)CCC1. The lowest BCUT2D eigenvalue weighted by atomic mass is 9.80. The summed E-state index contributed by atoms with van der Waals surface area (Å²) in [4.78, 5) is 22.4. The Morgan fingerprint density at radius 1 is 1.33 bits per heavy atom. The van der Waals surface area contributed by atoms with Gasteiger partial charge in [0.15, 0.2) is 0 Å². The van der Waals surface area contributed by atoms with Gasteiger partial charge in [-0.2, -0.15) is 0 Å². The first-order valence-electron chi connectivity index (χ1n) is 6.12. The molecule has 1 rings (SSSR count). The molecule has 0 unspecified atom stereocenters. The molecule has 0 spiro atoms. The third-order valence-electron chi connectivity index (χ3n) is 3.54. The van der Waals surface area contributed by atoms with Crippen molar-refractivity contribution in [3.8, 4) is 0 Å². The van der Waals surface area contributed by atoms with Crippen LogP contribution in [0.1, 0.15) is 33.1 Å². The summed E-state index contributed by atoms with van der Waals surface area (Å²) in [5, 5.41) is 14.2. The van der Waals surface area contributed by atoms with E-state index in [1.165, 1.54) is 0 Å². The highest BCUT2D eigenvalue weighted by atomic mass is 16.5. The summed E-state index contributed by atoms with van der Waals surface area (Å²) in [6.45, 7) is 3.69. The summed E-state index contributed by atoms with van der Waals surface area (Å²) < 4.78 is 5.37. The maximum atomic E-state index is 11.5. The number of nitrogens with one attached hydrogen (secondary N) is 2. The van der Waals surface area contributed by atoms with E-state index in [1.807, 2.05) is 0 Å². The Morgan fingerprint density at radius 3 is 2.33 bits per heavy atom. The van der Waals surface area contributed by atoms with E-state index < -0.39 is 11.4 Å². The maximum Gasteiger partial charge on any atom is 0.314 e. The number of hydrogen-bond donors (Lipinski definition) is 3. The molecule has 0 aromatic rings. The maximum absolute atomic E-state index is 11.5. The molecule has 0 saturated heterocycles. The molecule has 18 heavy (non-hydrogen) atoms. The lowest BCUT2D eigenvalue weighted by Crippen LogP contribution is -2.52. The number of aliphatic carboxylic acids is 1. The van der Waals surface area contributed by atoms with Crippen molar-refractivity contribution in [3.63, 3.8) is 0 Å². The van der Waals surface area contributed by atoms with Crippen molar-refractivity contribution >= 4 is 12.0 Å². The van der Waals surface area contributed by atoms with Crippen molar-refractivity contribution in [1.82, 2.24) is 10.6 Å². The van der Waals surface area contributed by atoms with Gasteiger partial charge in [0.1, 0.15) is 0 Å². The number of hydrogen-bond acceptors (Lipinski definition) is 3.